The van der Waals surface area contributed by atoms with Gasteiger partial charge in [-0.05, 0) is 5.56 Å². The van der Waals surface area contributed by atoms with Gasteiger partial charge in [0, 0.05) is 17.9 Å². The Morgan fingerprint density at radius 2 is 1.83 bits per heavy atom. The summed E-state index contributed by atoms with van der Waals surface area (Å²) in [5, 5.41) is 0.898. The van der Waals surface area contributed by atoms with Crippen molar-refractivity contribution in [3.8, 4) is 11.6 Å². The zero-order valence-corrected chi connectivity index (χ0v) is 11.2. The Kier molecular flexibility index (Phi) is 4.47. The Balaban J connectivity index is 2.09. The van der Waals surface area contributed by atoms with Crippen LogP contribution in [0.4, 0.5) is 0 Å². The first-order valence-corrected chi connectivity index (χ1v) is 6.57. The third-order valence-corrected chi connectivity index (χ3v) is 3.41. The second-order valence-corrected chi connectivity index (χ2v) is 4.66. The van der Waals surface area contributed by atoms with E-state index in [1.807, 2.05) is 24.3 Å². The van der Waals surface area contributed by atoms with Crippen molar-refractivity contribution in [1.29, 1.82) is 0 Å². The molecule has 0 aliphatic carbocycles. The van der Waals surface area contributed by atoms with Crippen LogP contribution in [0, 0.1) is 0 Å². The molecule has 0 aliphatic rings. The molecule has 18 heavy (non-hydrogen) atoms. The predicted molar refractivity (Wildman–Crippen MR) is 73.3 cm³/mol. The van der Waals surface area contributed by atoms with Crippen LogP contribution >= 0.6 is 11.8 Å². The van der Waals surface area contributed by atoms with Gasteiger partial charge in [0.15, 0.2) is 0 Å². The fourth-order valence-electron chi connectivity index (χ4n) is 1.49. The summed E-state index contributed by atoms with van der Waals surface area (Å²) in [5.41, 5.74) is 1.27. The molecule has 0 spiro atoms. The van der Waals surface area contributed by atoms with E-state index in [9.17, 15) is 0 Å². The van der Waals surface area contributed by atoms with Gasteiger partial charge in [0.2, 0.25) is 5.88 Å². The first-order valence-electron chi connectivity index (χ1n) is 5.58. The molecule has 1 heterocycles. The van der Waals surface area contributed by atoms with Crippen LogP contribution in [0.3, 0.4) is 0 Å². The summed E-state index contributed by atoms with van der Waals surface area (Å²) < 4.78 is 10.4. The Bertz CT molecular complexity index is 480. The molecule has 0 saturated carbocycles. The van der Waals surface area contributed by atoms with Crippen LogP contribution in [0.5, 0.6) is 11.6 Å². The zero-order chi connectivity index (χ0) is 12.8. The number of benzene rings is 1. The molecule has 0 atom stereocenters. The number of ether oxygens (including phenoxy) is 2. The molecular formula is C14H15NO2S. The SMILES string of the molecule is COc1cc(OC)nc(SCc2ccccc2)c1. The summed E-state index contributed by atoms with van der Waals surface area (Å²) in [4.78, 5) is 4.38. The minimum Gasteiger partial charge on any atom is -0.496 e. The number of thioether (sulfide) groups is 1. The number of hydrogen-bond donors (Lipinski definition) is 0. The van der Waals surface area contributed by atoms with Gasteiger partial charge in [0.25, 0.3) is 0 Å². The molecule has 0 N–H and O–H groups in total. The van der Waals surface area contributed by atoms with E-state index in [-0.39, 0.29) is 0 Å². The van der Waals surface area contributed by atoms with E-state index >= 15 is 0 Å². The van der Waals surface area contributed by atoms with Gasteiger partial charge in [-0.3, -0.25) is 0 Å². The smallest absolute Gasteiger partial charge is 0.217 e. The van der Waals surface area contributed by atoms with Gasteiger partial charge in [0.1, 0.15) is 10.8 Å². The molecule has 0 saturated heterocycles. The molecule has 0 aliphatic heterocycles. The van der Waals surface area contributed by atoms with Crippen molar-refractivity contribution >= 4 is 11.8 Å². The van der Waals surface area contributed by atoms with Crippen LogP contribution in [0.15, 0.2) is 47.5 Å². The topological polar surface area (TPSA) is 31.4 Å². The van der Waals surface area contributed by atoms with Gasteiger partial charge in [-0.25, -0.2) is 4.98 Å². The summed E-state index contributed by atoms with van der Waals surface area (Å²) in [6, 6.07) is 14.0. The second kappa shape index (κ2) is 6.31. The fourth-order valence-corrected chi connectivity index (χ4v) is 2.35. The van der Waals surface area contributed by atoms with Gasteiger partial charge in [-0.1, -0.05) is 30.3 Å². The molecule has 1 aromatic carbocycles. The average molecular weight is 261 g/mol. The standard InChI is InChI=1S/C14H15NO2S/c1-16-12-8-13(17-2)15-14(9-12)18-10-11-6-4-3-5-7-11/h3-9H,10H2,1-2H3. The minimum atomic E-state index is 0.574. The molecule has 4 heteroatoms. The molecule has 0 amide bonds. The van der Waals surface area contributed by atoms with Crippen molar-refractivity contribution in [1.82, 2.24) is 4.98 Å². The molecule has 0 unspecified atom stereocenters. The lowest BCUT2D eigenvalue weighted by Gasteiger charge is -2.07. The van der Waals surface area contributed by atoms with Crippen LogP contribution in [-0.4, -0.2) is 19.2 Å². The lowest BCUT2D eigenvalue weighted by molar-refractivity contribution is 0.378. The van der Waals surface area contributed by atoms with Crippen molar-refractivity contribution in [2.75, 3.05) is 14.2 Å². The quantitative estimate of drug-likeness (QED) is 0.772. The van der Waals surface area contributed by atoms with Crippen LogP contribution in [0.1, 0.15) is 5.56 Å². The van der Waals surface area contributed by atoms with E-state index in [2.05, 4.69) is 17.1 Å². The Morgan fingerprint density at radius 1 is 1.06 bits per heavy atom. The number of methoxy groups -OCH3 is 2. The van der Waals surface area contributed by atoms with Crippen molar-refractivity contribution in [3.05, 3.63) is 48.0 Å². The summed E-state index contributed by atoms with van der Waals surface area (Å²) in [6.45, 7) is 0. The van der Waals surface area contributed by atoms with Gasteiger partial charge in [0.05, 0.1) is 14.2 Å². The first-order chi connectivity index (χ1) is 8.81. The summed E-state index contributed by atoms with van der Waals surface area (Å²) in [7, 11) is 3.24. The summed E-state index contributed by atoms with van der Waals surface area (Å²) in [5.74, 6) is 2.21. The molecular weight excluding hydrogens is 246 g/mol. The van der Waals surface area contributed by atoms with E-state index in [1.54, 1.807) is 32.0 Å². The summed E-state index contributed by atoms with van der Waals surface area (Å²) >= 11 is 1.66. The molecule has 1 aromatic heterocycles. The normalized spacial score (nSPS) is 10.1. The van der Waals surface area contributed by atoms with Crippen LogP contribution in [-0.2, 0) is 5.75 Å². The number of hydrogen-bond acceptors (Lipinski definition) is 4. The molecule has 2 rings (SSSR count). The van der Waals surface area contributed by atoms with Crippen LogP contribution < -0.4 is 9.47 Å². The van der Waals surface area contributed by atoms with E-state index in [4.69, 9.17) is 9.47 Å². The third kappa shape index (κ3) is 3.40. The lowest BCUT2D eigenvalue weighted by atomic mass is 10.2. The Morgan fingerprint density at radius 3 is 2.50 bits per heavy atom. The van der Waals surface area contributed by atoms with Gasteiger partial charge >= 0.3 is 0 Å². The zero-order valence-electron chi connectivity index (χ0n) is 10.4. The number of pyridine rings is 1. The maximum absolute atomic E-state index is 5.22. The Hall–Kier alpha value is -1.68. The van der Waals surface area contributed by atoms with Crippen molar-refractivity contribution in [2.45, 2.75) is 10.8 Å². The lowest BCUT2D eigenvalue weighted by Crippen LogP contribution is -1.92. The van der Waals surface area contributed by atoms with Gasteiger partial charge in [-0.15, -0.1) is 11.8 Å². The van der Waals surface area contributed by atoms with E-state index in [1.165, 1.54) is 5.56 Å². The molecule has 2 aromatic rings. The highest BCUT2D eigenvalue weighted by atomic mass is 32.2. The Labute approximate surface area is 111 Å². The van der Waals surface area contributed by atoms with Crippen LogP contribution in [0.25, 0.3) is 0 Å². The summed E-state index contributed by atoms with van der Waals surface area (Å²) in [6.07, 6.45) is 0. The highest BCUT2D eigenvalue weighted by molar-refractivity contribution is 7.98. The number of nitrogens with zero attached hydrogens (tertiary/aromatic N) is 1. The third-order valence-electron chi connectivity index (χ3n) is 2.43. The molecule has 0 radical (unpaired) electrons. The minimum absolute atomic E-state index is 0.574. The van der Waals surface area contributed by atoms with Crippen LogP contribution in [0.2, 0.25) is 0 Å². The molecule has 0 bridgehead atoms. The largest absolute Gasteiger partial charge is 0.496 e. The van der Waals surface area contributed by atoms with Gasteiger partial charge < -0.3 is 9.47 Å². The van der Waals surface area contributed by atoms with E-state index in [0.29, 0.717) is 5.88 Å². The molecule has 94 valence electrons. The number of aromatic nitrogens is 1. The highest BCUT2D eigenvalue weighted by Gasteiger charge is 2.04. The highest BCUT2D eigenvalue weighted by Crippen LogP contribution is 2.27. The predicted octanol–water partition coefficient (Wildman–Crippen LogP) is 3.39. The fraction of sp³-hybridized carbons (Fsp3) is 0.214. The average Bonchev–Trinajstić information content (AvgIpc) is 2.45. The second-order valence-electron chi connectivity index (χ2n) is 3.66. The van der Waals surface area contributed by atoms with E-state index in [0.717, 1.165) is 16.5 Å². The van der Waals surface area contributed by atoms with E-state index < -0.39 is 0 Å². The number of rotatable bonds is 5. The van der Waals surface area contributed by atoms with Crippen molar-refractivity contribution in [3.63, 3.8) is 0 Å². The molecule has 3 nitrogen and oxygen atoms in total. The van der Waals surface area contributed by atoms with Crippen molar-refractivity contribution < 1.29 is 9.47 Å². The van der Waals surface area contributed by atoms with Gasteiger partial charge in [-0.2, -0.15) is 0 Å². The maximum atomic E-state index is 5.22. The maximum Gasteiger partial charge on any atom is 0.217 e. The first kappa shape index (κ1) is 12.8. The molecule has 0 fully saturated rings. The van der Waals surface area contributed by atoms with Crippen molar-refractivity contribution in [2.24, 2.45) is 0 Å². The monoisotopic (exact) mass is 261 g/mol.